The van der Waals surface area contributed by atoms with Crippen LogP contribution >= 0.6 is 11.5 Å². The number of aromatic nitrogens is 2. The normalized spacial score (nSPS) is 9.62. The van der Waals surface area contributed by atoms with Crippen molar-refractivity contribution < 1.29 is 4.79 Å². The van der Waals surface area contributed by atoms with Crippen molar-refractivity contribution in [2.45, 2.75) is 13.3 Å². The Labute approximate surface area is 80.7 Å². The van der Waals surface area contributed by atoms with Gasteiger partial charge in [0.15, 0.2) is 0 Å². The molecule has 0 aromatic carbocycles. The molecule has 6 heteroatoms. The largest absolute Gasteiger partial charge is 0.360 e. The first kappa shape index (κ1) is 9.91. The van der Waals surface area contributed by atoms with E-state index in [2.05, 4.69) is 20.0 Å². The Morgan fingerprint density at radius 1 is 1.69 bits per heavy atom. The molecule has 1 heterocycles. The fourth-order valence-corrected chi connectivity index (χ4v) is 1.27. The molecular formula is C7H12N4OS. The van der Waals surface area contributed by atoms with Gasteiger partial charge in [0.05, 0.1) is 0 Å². The molecule has 0 aliphatic heterocycles. The monoisotopic (exact) mass is 200 g/mol. The SMILES string of the molecule is CCNC(=O)CCNc1ncns1. The molecule has 0 saturated carbocycles. The highest BCUT2D eigenvalue weighted by atomic mass is 32.1. The van der Waals surface area contributed by atoms with Crippen LogP contribution in [0.25, 0.3) is 0 Å². The van der Waals surface area contributed by atoms with Gasteiger partial charge < -0.3 is 10.6 Å². The third-order valence-corrected chi connectivity index (χ3v) is 1.99. The number of carbonyl (C=O) groups is 1. The number of hydrogen-bond donors (Lipinski definition) is 2. The number of carbonyl (C=O) groups excluding carboxylic acids is 1. The molecule has 5 nitrogen and oxygen atoms in total. The summed E-state index contributed by atoms with van der Waals surface area (Å²) in [7, 11) is 0. The number of nitrogens with zero attached hydrogens (tertiary/aromatic N) is 2. The summed E-state index contributed by atoms with van der Waals surface area (Å²) in [5, 5.41) is 6.47. The molecule has 1 amide bonds. The fraction of sp³-hybridized carbons (Fsp3) is 0.571. The molecule has 1 rings (SSSR count). The zero-order valence-corrected chi connectivity index (χ0v) is 8.23. The number of hydrogen-bond acceptors (Lipinski definition) is 5. The van der Waals surface area contributed by atoms with E-state index in [9.17, 15) is 4.79 Å². The molecular weight excluding hydrogens is 188 g/mol. The molecule has 0 fully saturated rings. The Morgan fingerprint density at radius 2 is 2.54 bits per heavy atom. The highest BCUT2D eigenvalue weighted by molar-refractivity contribution is 7.09. The topological polar surface area (TPSA) is 66.9 Å². The van der Waals surface area contributed by atoms with Gasteiger partial charge in [-0.05, 0) is 6.92 Å². The van der Waals surface area contributed by atoms with Gasteiger partial charge in [0.25, 0.3) is 0 Å². The van der Waals surface area contributed by atoms with Crippen LogP contribution in [0.15, 0.2) is 6.33 Å². The molecule has 72 valence electrons. The highest BCUT2D eigenvalue weighted by Gasteiger charge is 1.99. The van der Waals surface area contributed by atoms with Crippen LogP contribution in [0, 0.1) is 0 Å². The second-order valence-electron chi connectivity index (χ2n) is 2.38. The van der Waals surface area contributed by atoms with Gasteiger partial charge in [-0.1, -0.05) is 0 Å². The Bertz CT molecular complexity index is 249. The van der Waals surface area contributed by atoms with Crippen molar-refractivity contribution in [1.82, 2.24) is 14.7 Å². The predicted octanol–water partition coefficient (Wildman–Crippen LogP) is 0.476. The van der Waals surface area contributed by atoms with Crippen LogP contribution in [0.4, 0.5) is 5.13 Å². The van der Waals surface area contributed by atoms with Gasteiger partial charge in [0, 0.05) is 31.0 Å². The molecule has 0 bridgehead atoms. The third kappa shape index (κ3) is 3.84. The van der Waals surface area contributed by atoms with E-state index in [0.29, 0.717) is 19.5 Å². The maximum atomic E-state index is 11.0. The molecule has 0 aliphatic rings. The summed E-state index contributed by atoms with van der Waals surface area (Å²) in [4.78, 5) is 14.9. The van der Waals surface area contributed by atoms with Gasteiger partial charge in [-0.25, -0.2) is 4.98 Å². The predicted molar refractivity (Wildman–Crippen MR) is 51.7 cm³/mol. The van der Waals surface area contributed by atoms with E-state index in [-0.39, 0.29) is 5.91 Å². The first-order chi connectivity index (χ1) is 6.33. The molecule has 1 aromatic heterocycles. The molecule has 0 saturated heterocycles. The highest BCUT2D eigenvalue weighted by Crippen LogP contribution is 2.05. The van der Waals surface area contributed by atoms with Gasteiger partial charge in [0.1, 0.15) is 6.33 Å². The van der Waals surface area contributed by atoms with Crippen LogP contribution in [0.5, 0.6) is 0 Å². The van der Waals surface area contributed by atoms with Crippen molar-refractivity contribution in [2.24, 2.45) is 0 Å². The fourth-order valence-electron chi connectivity index (χ4n) is 0.820. The second kappa shape index (κ2) is 5.47. The Kier molecular flexibility index (Phi) is 4.17. The van der Waals surface area contributed by atoms with Crippen LogP contribution in [0.1, 0.15) is 13.3 Å². The van der Waals surface area contributed by atoms with E-state index in [1.54, 1.807) is 0 Å². The van der Waals surface area contributed by atoms with Crippen molar-refractivity contribution in [2.75, 3.05) is 18.4 Å². The average molecular weight is 200 g/mol. The maximum absolute atomic E-state index is 11.0. The molecule has 1 aromatic rings. The van der Waals surface area contributed by atoms with Crippen molar-refractivity contribution in [3.63, 3.8) is 0 Å². The van der Waals surface area contributed by atoms with Gasteiger partial charge in [-0.2, -0.15) is 4.37 Å². The first-order valence-corrected chi connectivity index (χ1v) is 4.87. The van der Waals surface area contributed by atoms with Crippen molar-refractivity contribution in [3.05, 3.63) is 6.33 Å². The van der Waals surface area contributed by atoms with Gasteiger partial charge in [-0.15, -0.1) is 0 Å². The lowest BCUT2D eigenvalue weighted by Gasteiger charge is -2.01. The number of amides is 1. The second-order valence-corrected chi connectivity index (χ2v) is 3.16. The number of anilines is 1. The minimum atomic E-state index is 0.0551. The van der Waals surface area contributed by atoms with E-state index < -0.39 is 0 Å². The van der Waals surface area contributed by atoms with Crippen LogP contribution in [0.3, 0.4) is 0 Å². The van der Waals surface area contributed by atoms with Crippen molar-refractivity contribution >= 4 is 22.6 Å². The maximum Gasteiger partial charge on any atom is 0.221 e. The van der Waals surface area contributed by atoms with E-state index in [1.807, 2.05) is 6.92 Å². The van der Waals surface area contributed by atoms with E-state index in [1.165, 1.54) is 17.9 Å². The Morgan fingerprint density at radius 3 is 3.15 bits per heavy atom. The lowest BCUT2D eigenvalue weighted by atomic mass is 10.4. The van der Waals surface area contributed by atoms with Crippen molar-refractivity contribution in [3.8, 4) is 0 Å². The molecule has 0 radical (unpaired) electrons. The van der Waals surface area contributed by atoms with Crippen LogP contribution < -0.4 is 10.6 Å². The van der Waals surface area contributed by atoms with Crippen molar-refractivity contribution in [1.29, 1.82) is 0 Å². The lowest BCUT2D eigenvalue weighted by molar-refractivity contribution is -0.120. The molecule has 0 atom stereocenters. The summed E-state index contributed by atoms with van der Waals surface area (Å²) < 4.78 is 3.82. The summed E-state index contributed by atoms with van der Waals surface area (Å²) in [6.07, 6.45) is 1.95. The number of rotatable bonds is 5. The van der Waals surface area contributed by atoms with E-state index in [4.69, 9.17) is 0 Å². The molecule has 13 heavy (non-hydrogen) atoms. The smallest absolute Gasteiger partial charge is 0.221 e. The quantitative estimate of drug-likeness (QED) is 0.725. The summed E-state index contributed by atoms with van der Waals surface area (Å²) in [6.45, 7) is 3.18. The Balaban J connectivity index is 2.11. The lowest BCUT2D eigenvalue weighted by Crippen LogP contribution is -2.24. The van der Waals surface area contributed by atoms with Gasteiger partial charge in [0.2, 0.25) is 11.0 Å². The summed E-state index contributed by atoms with van der Waals surface area (Å²) in [5.74, 6) is 0.0551. The van der Waals surface area contributed by atoms with E-state index in [0.717, 1.165) is 5.13 Å². The van der Waals surface area contributed by atoms with Gasteiger partial charge >= 0.3 is 0 Å². The zero-order chi connectivity index (χ0) is 9.52. The zero-order valence-electron chi connectivity index (χ0n) is 7.41. The molecule has 0 spiro atoms. The number of nitrogens with one attached hydrogen (secondary N) is 2. The molecule has 2 N–H and O–H groups in total. The minimum Gasteiger partial charge on any atom is -0.360 e. The van der Waals surface area contributed by atoms with E-state index >= 15 is 0 Å². The Hall–Kier alpha value is -1.17. The molecule has 0 aliphatic carbocycles. The third-order valence-electron chi connectivity index (χ3n) is 1.36. The molecule has 0 unspecified atom stereocenters. The van der Waals surface area contributed by atoms with Crippen LogP contribution in [-0.2, 0) is 4.79 Å². The van der Waals surface area contributed by atoms with Gasteiger partial charge in [-0.3, -0.25) is 4.79 Å². The summed E-state index contributed by atoms with van der Waals surface area (Å²) in [6, 6.07) is 0. The average Bonchev–Trinajstić information content (AvgIpc) is 2.57. The van der Waals surface area contributed by atoms with Crippen LogP contribution in [0.2, 0.25) is 0 Å². The standard InChI is InChI=1S/C7H12N4OS/c1-2-8-6(12)3-4-9-7-10-5-11-13-7/h5H,2-4H2,1H3,(H,8,12)(H,9,10,11). The minimum absolute atomic E-state index is 0.0551. The summed E-state index contributed by atoms with van der Waals surface area (Å²) in [5.41, 5.74) is 0. The first-order valence-electron chi connectivity index (χ1n) is 4.10. The van der Waals surface area contributed by atoms with Crippen LogP contribution in [-0.4, -0.2) is 28.4 Å². The summed E-state index contributed by atoms with van der Waals surface area (Å²) >= 11 is 1.28.